The van der Waals surface area contributed by atoms with E-state index in [1.165, 1.54) is 21.2 Å². The van der Waals surface area contributed by atoms with Crippen molar-refractivity contribution in [2.24, 2.45) is 0 Å². The molecule has 1 aromatic carbocycles. The second kappa shape index (κ2) is 5.81. The number of hydrogen-bond donors (Lipinski definition) is 1. The van der Waals surface area contributed by atoms with Gasteiger partial charge in [0.2, 0.25) is 0 Å². The van der Waals surface area contributed by atoms with Crippen LogP contribution in [0.25, 0.3) is 10.1 Å². The van der Waals surface area contributed by atoms with E-state index < -0.39 is 0 Å². The summed E-state index contributed by atoms with van der Waals surface area (Å²) in [5.41, 5.74) is 2.52. The zero-order valence-electron chi connectivity index (χ0n) is 11.8. The van der Waals surface area contributed by atoms with E-state index in [2.05, 4.69) is 48.8 Å². The van der Waals surface area contributed by atoms with Gasteiger partial charge >= 0.3 is 0 Å². The molecule has 1 atom stereocenters. The van der Waals surface area contributed by atoms with E-state index in [9.17, 15) is 0 Å². The topological polar surface area (TPSA) is 25.2 Å². The lowest BCUT2D eigenvalue weighted by Gasteiger charge is -2.17. The fraction of sp³-hybridized carbons (Fsp3) is 0.294. The van der Waals surface area contributed by atoms with E-state index >= 15 is 0 Å². The molecule has 3 aromatic rings. The van der Waals surface area contributed by atoms with E-state index in [1.807, 2.05) is 6.07 Å². The molecule has 2 nitrogen and oxygen atoms in total. The first-order chi connectivity index (χ1) is 9.81. The number of rotatable bonds is 5. The molecule has 0 fully saturated rings. The van der Waals surface area contributed by atoms with Crippen LogP contribution in [0.5, 0.6) is 0 Å². The van der Waals surface area contributed by atoms with E-state index in [0.29, 0.717) is 0 Å². The molecule has 3 rings (SSSR count). The Morgan fingerprint density at radius 2 is 2.10 bits per heavy atom. The minimum absolute atomic E-state index is 0.140. The normalized spacial score (nSPS) is 12.9. The molecule has 0 bridgehead atoms. The zero-order valence-corrected chi connectivity index (χ0v) is 12.7. The molecule has 0 aliphatic carbocycles. The smallest absolute Gasteiger partial charge is 0.128 e. The average Bonchev–Trinajstić information content (AvgIpc) is 3.07. The summed E-state index contributed by atoms with van der Waals surface area (Å²) in [4.78, 5) is 0. The second-order valence-electron chi connectivity index (χ2n) is 5.04. The van der Waals surface area contributed by atoms with Crippen LogP contribution in [0.15, 0.2) is 46.4 Å². The van der Waals surface area contributed by atoms with Crippen LogP contribution in [-0.2, 0) is 0 Å². The van der Waals surface area contributed by atoms with Gasteiger partial charge in [-0.25, -0.2) is 0 Å². The Morgan fingerprint density at radius 1 is 1.25 bits per heavy atom. The van der Waals surface area contributed by atoms with Crippen molar-refractivity contribution in [2.75, 3.05) is 6.54 Å². The maximum atomic E-state index is 5.74. The summed E-state index contributed by atoms with van der Waals surface area (Å²) in [5, 5.41) is 7.19. The first kappa shape index (κ1) is 13.4. The van der Waals surface area contributed by atoms with E-state index in [-0.39, 0.29) is 6.04 Å². The Morgan fingerprint density at radius 3 is 2.85 bits per heavy atom. The number of furan rings is 1. The minimum atomic E-state index is 0.140. The van der Waals surface area contributed by atoms with Gasteiger partial charge in [0.1, 0.15) is 5.76 Å². The standard InChI is InChI=1S/C17H19NOS/c1-3-9-18-16(17-12(2)8-10-19-17)14-11-20-15-7-5-4-6-13(14)15/h4-8,10-11,16,18H,3,9H2,1-2H3. The number of aryl methyl sites for hydroxylation is 1. The molecule has 2 aromatic heterocycles. The van der Waals surface area contributed by atoms with Gasteiger partial charge in [-0.2, -0.15) is 0 Å². The molecule has 104 valence electrons. The molecule has 1 N–H and O–H groups in total. The van der Waals surface area contributed by atoms with Crippen molar-refractivity contribution in [3.8, 4) is 0 Å². The van der Waals surface area contributed by atoms with Crippen molar-refractivity contribution in [1.82, 2.24) is 5.32 Å². The highest BCUT2D eigenvalue weighted by molar-refractivity contribution is 7.17. The van der Waals surface area contributed by atoms with Crippen molar-refractivity contribution in [2.45, 2.75) is 26.3 Å². The van der Waals surface area contributed by atoms with Gasteiger partial charge in [0.15, 0.2) is 0 Å². The van der Waals surface area contributed by atoms with Crippen LogP contribution in [0, 0.1) is 6.92 Å². The molecule has 0 radical (unpaired) electrons. The molecule has 0 saturated heterocycles. The Labute approximate surface area is 123 Å². The quantitative estimate of drug-likeness (QED) is 0.722. The third-order valence-corrected chi connectivity index (χ3v) is 4.57. The van der Waals surface area contributed by atoms with Crippen LogP contribution in [0.2, 0.25) is 0 Å². The predicted octanol–water partition coefficient (Wildman–Crippen LogP) is 4.89. The fourth-order valence-corrected chi connectivity index (χ4v) is 3.52. The Balaban J connectivity index is 2.07. The monoisotopic (exact) mass is 285 g/mol. The lowest BCUT2D eigenvalue weighted by atomic mass is 10.0. The van der Waals surface area contributed by atoms with Crippen LogP contribution in [0.1, 0.15) is 36.3 Å². The van der Waals surface area contributed by atoms with Gasteiger partial charge in [-0.3, -0.25) is 0 Å². The summed E-state index contributed by atoms with van der Waals surface area (Å²) < 4.78 is 7.07. The number of thiophene rings is 1. The Kier molecular flexibility index (Phi) is 3.90. The van der Waals surface area contributed by atoms with Crippen molar-refractivity contribution in [1.29, 1.82) is 0 Å². The van der Waals surface area contributed by atoms with Crippen LogP contribution in [0.4, 0.5) is 0 Å². The molecule has 0 amide bonds. The summed E-state index contributed by atoms with van der Waals surface area (Å²) in [5.74, 6) is 1.03. The maximum Gasteiger partial charge on any atom is 0.128 e. The number of nitrogens with one attached hydrogen (secondary N) is 1. The lowest BCUT2D eigenvalue weighted by molar-refractivity contribution is 0.445. The highest BCUT2D eigenvalue weighted by Gasteiger charge is 2.21. The zero-order chi connectivity index (χ0) is 13.9. The fourth-order valence-electron chi connectivity index (χ4n) is 2.53. The van der Waals surface area contributed by atoms with Crippen LogP contribution >= 0.6 is 11.3 Å². The highest BCUT2D eigenvalue weighted by Crippen LogP contribution is 2.34. The van der Waals surface area contributed by atoms with Crippen molar-refractivity contribution in [3.63, 3.8) is 0 Å². The average molecular weight is 285 g/mol. The van der Waals surface area contributed by atoms with E-state index in [4.69, 9.17) is 4.42 Å². The Hall–Kier alpha value is -1.58. The molecule has 20 heavy (non-hydrogen) atoms. The molecule has 0 spiro atoms. The molecule has 0 aliphatic heterocycles. The summed E-state index contributed by atoms with van der Waals surface area (Å²) in [6.45, 7) is 5.27. The lowest BCUT2D eigenvalue weighted by Crippen LogP contribution is -2.23. The number of hydrogen-bond acceptors (Lipinski definition) is 3. The largest absolute Gasteiger partial charge is 0.467 e. The maximum absolute atomic E-state index is 5.74. The molecule has 1 unspecified atom stereocenters. The van der Waals surface area contributed by atoms with Crippen LogP contribution in [0.3, 0.4) is 0 Å². The van der Waals surface area contributed by atoms with Gasteiger partial charge in [-0.1, -0.05) is 25.1 Å². The van der Waals surface area contributed by atoms with Gasteiger partial charge in [-0.15, -0.1) is 11.3 Å². The summed E-state index contributed by atoms with van der Waals surface area (Å²) in [6.07, 6.45) is 2.89. The van der Waals surface area contributed by atoms with Gasteiger partial charge in [0, 0.05) is 4.70 Å². The summed E-state index contributed by atoms with van der Waals surface area (Å²) >= 11 is 1.80. The molecule has 2 heterocycles. The highest BCUT2D eigenvalue weighted by atomic mass is 32.1. The van der Waals surface area contributed by atoms with Gasteiger partial charge in [0.05, 0.1) is 12.3 Å². The van der Waals surface area contributed by atoms with Crippen molar-refractivity contribution >= 4 is 21.4 Å². The van der Waals surface area contributed by atoms with Crippen molar-refractivity contribution in [3.05, 3.63) is 58.9 Å². The SMILES string of the molecule is CCCNC(c1occc1C)c1csc2ccccc12. The molecule has 0 aliphatic rings. The molecular formula is C17H19NOS. The first-order valence-corrected chi connectivity index (χ1v) is 7.92. The third kappa shape index (κ3) is 2.39. The molecule has 0 saturated carbocycles. The number of benzene rings is 1. The minimum Gasteiger partial charge on any atom is -0.467 e. The summed E-state index contributed by atoms with van der Waals surface area (Å²) in [6, 6.07) is 10.7. The van der Waals surface area contributed by atoms with E-state index in [0.717, 1.165) is 18.7 Å². The van der Waals surface area contributed by atoms with Crippen molar-refractivity contribution < 1.29 is 4.42 Å². The third-order valence-electron chi connectivity index (χ3n) is 3.58. The number of fused-ring (bicyclic) bond motifs is 1. The van der Waals surface area contributed by atoms with E-state index in [1.54, 1.807) is 17.6 Å². The predicted molar refractivity (Wildman–Crippen MR) is 85.4 cm³/mol. The molecule has 3 heteroatoms. The van der Waals surface area contributed by atoms with Gasteiger partial charge in [0.25, 0.3) is 0 Å². The second-order valence-corrected chi connectivity index (χ2v) is 5.95. The summed E-state index contributed by atoms with van der Waals surface area (Å²) in [7, 11) is 0. The Bertz CT molecular complexity index is 698. The van der Waals surface area contributed by atoms with Gasteiger partial charge < -0.3 is 9.73 Å². The van der Waals surface area contributed by atoms with Gasteiger partial charge in [-0.05, 0) is 53.9 Å². The first-order valence-electron chi connectivity index (χ1n) is 7.04. The molecular weight excluding hydrogens is 266 g/mol. The van der Waals surface area contributed by atoms with Crippen LogP contribution in [-0.4, -0.2) is 6.54 Å². The van der Waals surface area contributed by atoms with Crippen LogP contribution < -0.4 is 5.32 Å².